The zero-order chi connectivity index (χ0) is 13.8. The molecule has 0 spiro atoms. The molecule has 3 atom stereocenters. The first-order chi connectivity index (χ1) is 9.21. The monoisotopic (exact) mass is 266 g/mol. The van der Waals surface area contributed by atoms with E-state index in [2.05, 4.69) is 12.3 Å². The van der Waals surface area contributed by atoms with Crippen LogP contribution >= 0.6 is 0 Å². The number of halogens is 1. The number of methoxy groups -OCH3 is 1. The molecule has 0 saturated heterocycles. The Morgan fingerprint density at radius 1 is 1.47 bits per heavy atom. The third-order valence-corrected chi connectivity index (χ3v) is 4.36. The molecule has 0 amide bonds. The van der Waals surface area contributed by atoms with Crippen molar-refractivity contribution in [3.8, 4) is 5.75 Å². The average Bonchev–Trinajstić information content (AvgIpc) is 2.90. The maximum Gasteiger partial charge on any atom is 0.169 e. The van der Waals surface area contributed by atoms with Crippen LogP contribution < -0.4 is 16.0 Å². The standard InChI is InChI=1S/C15H23FN2O/c1-3-10-7-8-11(9-10)15(18-17)12-5-4-6-13(19-2)14(12)16/h4-6,10-11,15,18H,3,7-9,17H2,1-2H3. The van der Waals surface area contributed by atoms with Crippen molar-refractivity contribution in [2.75, 3.05) is 7.11 Å². The largest absolute Gasteiger partial charge is 0.494 e. The molecular formula is C15H23FN2O. The first-order valence-electron chi connectivity index (χ1n) is 6.99. The van der Waals surface area contributed by atoms with Crippen LogP contribution in [-0.4, -0.2) is 7.11 Å². The number of hydrogen-bond donors (Lipinski definition) is 2. The minimum Gasteiger partial charge on any atom is -0.494 e. The van der Waals surface area contributed by atoms with Gasteiger partial charge in [-0.3, -0.25) is 11.3 Å². The molecule has 3 unspecified atom stereocenters. The Balaban J connectivity index is 2.23. The predicted octanol–water partition coefficient (Wildman–Crippen LogP) is 3.17. The van der Waals surface area contributed by atoms with E-state index in [1.54, 1.807) is 12.1 Å². The van der Waals surface area contributed by atoms with E-state index in [1.807, 2.05) is 6.07 Å². The van der Waals surface area contributed by atoms with Crippen LogP contribution in [0.3, 0.4) is 0 Å². The highest BCUT2D eigenvalue weighted by Gasteiger charge is 2.32. The smallest absolute Gasteiger partial charge is 0.169 e. The minimum absolute atomic E-state index is 0.133. The topological polar surface area (TPSA) is 47.3 Å². The summed E-state index contributed by atoms with van der Waals surface area (Å²) in [5.74, 6) is 6.80. The normalized spacial score (nSPS) is 24.4. The summed E-state index contributed by atoms with van der Waals surface area (Å²) in [4.78, 5) is 0. The van der Waals surface area contributed by atoms with Gasteiger partial charge in [0.15, 0.2) is 11.6 Å². The van der Waals surface area contributed by atoms with E-state index in [4.69, 9.17) is 10.6 Å². The SMILES string of the molecule is CCC1CCC(C(NN)c2cccc(OC)c2F)C1. The third kappa shape index (κ3) is 2.90. The van der Waals surface area contributed by atoms with Crippen LogP contribution in [0.25, 0.3) is 0 Å². The van der Waals surface area contributed by atoms with Crippen molar-refractivity contribution in [3.05, 3.63) is 29.6 Å². The Labute approximate surface area is 114 Å². The van der Waals surface area contributed by atoms with Gasteiger partial charge in [-0.1, -0.05) is 31.9 Å². The number of hydrazine groups is 1. The maximum absolute atomic E-state index is 14.3. The second-order valence-electron chi connectivity index (χ2n) is 5.36. The fourth-order valence-electron chi connectivity index (χ4n) is 3.19. The van der Waals surface area contributed by atoms with Gasteiger partial charge >= 0.3 is 0 Å². The van der Waals surface area contributed by atoms with Gasteiger partial charge in [0.1, 0.15) is 0 Å². The zero-order valence-corrected chi connectivity index (χ0v) is 11.7. The Morgan fingerprint density at radius 2 is 2.26 bits per heavy atom. The lowest BCUT2D eigenvalue weighted by Gasteiger charge is -2.24. The summed E-state index contributed by atoms with van der Waals surface area (Å²) in [6.07, 6.45) is 4.62. The van der Waals surface area contributed by atoms with Gasteiger partial charge < -0.3 is 4.74 Å². The summed E-state index contributed by atoms with van der Waals surface area (Å²) in [6, 6.07) is 5.11. The molecular weight excluding hydrogens is 243 g/mol. The van der Waals surface area contributed by atoms with E-state index in [-0.39, 0.29) is 17.6 Å². The number of hydrogen-bond acceptors (Lipinski definition) is 3. The van der Waals surface area contributed by atoms with Gasteiger partial charge in [-0.2, -0.15) is 0 Å². The maximum atomic E-state index is 14.3. The molecule has 106 valence electrons. The summed E-state index contributed by atoms with van der Waals surface area (Å²) in [5, 5.41) is 0. The highest BCUT2D eigenvalue weighted by atomic mass is 19.1. The first-order valence-corrected chi connectivity index (χ1v) is 6.99. The van der Waals surface area contributed by atoms with Crippen LogP contribution in [0.5, 0.6) is 5.75 Å². The number of ether oxygens (including phenoxy) is 1. The van der Waals surface area contributed by atoms with Gasteiger partial charge in [-0.05, 0) is 30.7 Å². The summed E-state index contributed by atoms with van der Waals surface area (Å²) in [6.45, 7) is 2.21. The molecule has 0 aromatic heterocycles. The van der Waals surface area contributed by atoms with Gasteiger partial charge in [0.25, 0.3) is 0 Å². The highest BCUT2D eigenvalue weighted by molar-refractivity contribution is 5.33. The van der Waals surface area contributed by atoms with E-state index in [1.165, 1.54) is 20.0 Å². The molecule has 3 N–H and O–H groups in total. The van der Waals surface area contributed by atoms with Crippen molar-refractivity contribution < 1.29 is 9.13 Å². The summed E-state index contributed by atoms with van der Waals surface area (Å²) in [5.41, 5.74) is 3.42. The number of nitrogens with two attached hydrogens (primary N) is 1. The zero-order valence-electron chi connectivity index (χ0n) is 11.7. The second kappa shape index (κ2) is 6.35. The van der Waals surface area contributed by atoms with Gasteiger partial charge in [0, 0.05) is 5.56 Å². The molecule has 3 nitrogen and oxygen atoms in total. The number of nitrogens with one attached hydrogen (secondary N) is 1. The third-order valence-electron chi connectivity index (χ3n) is 4.36. The Bertz CT molecular complexity index is 425. The molecule has 1 aliphatic carbocycles. The molecule has 1 aromatic carbocycles. The molecule has 0 heterocycles. The number of rotatable bonds is 5. The van der Waals surface area contributed by atoms with Crippen LogP contribution in [0.2, 0.25) is 0 Å². The molecule has 1 fully saturated rings. The van der Waals surface area contributed by atoms with Gasteiger partial charge in [0.2, 0.25) is 0 Å². The van der Waals surface area contributed by atoms with Gasteiger partial charge in [0.05, 0.1) is 13.2 Å². The molecule has 0 radical (unpaired) electrons. The molecule has 1 aromatic rings. The highest BCUT2D eigenvalue weighted by Crippen LogP contribution is 2.41. The second-order valence-corrected chi connectivity index (χ2v) is 5.36. The van der Waals surface area contributed by atoms with Crippen LogP contribution in [0.1, 0.15) is 44.2 Å². The van der Waals surface area contributed by atoms with Crippen molar-refractivity contribution in [1.29, 1.82) is 0 Å². The fourth-order valence-corrected chi connectivity index (χ4v) is 3.19. The van der Waals surface area contributed by atoms with Crippen LogP contribution in [0, 0.1) is 17.7 Å². The van der Waals surface area contributed by atoms with Crippen LogP contribution in [0.15, 0.2) is 18.2 Å². The van der Waals surface area contributed by atoms with Crippen molar-refractivity contribution in [1.82, 2.24) is 5.43 Å². The van der Waals surface area contributed by atoms with E-state index < -0.39 is 0 Å². The van der Waals surface area contributed by atoms with Crippen molar-refractivity contribution >= 4 is 0 Å². The summed E-state index contributed by atoms with van der Waals surface area (Å²) >= 11 is 0. The average molecular weight is 266 g/mol. The molecule has 19 heavy (non-hydrogen) atoms. The lowest BCUT2D eigenvalue weighted by molar-refractivity contribution is 0.337. The van der Waals surface area contributed by atoms with E-state index >= 15 is 0 Å². The summed E-state index contributed by atoms with van der Waals surface area (Å²) in [7, 11) is 1.48. The van der Waals surface area contributed by atoms with Gasteiger partial charge in [-0.15, -0.1) is 0 Å². The van der Waals surface area contributed by atoms with E-state index in [0.29, 0.717) is 11.5 Å². The molecule has 2 rings (SSSR count). The first kappa shape index (κ1) is 14.3. The summed E-state index contributed by atoms with van der Waals surface area (Å²) < 4.78 is 19.4. The quantitative estimate of drug-likeness (QED) is 0.635. The van der Waals surface area contributed by atoms with Gasteiger partial charge in [-0.25, -0.2) is 4.39 Å². The van der Waals surface area contributed by atoms with Crippen molar-refractivity contribution in [2.24, 2.45) is 17.7 Å². The van der Waals surface area contributed by atoms with E-state index in [9.17, 15) is 4.39 Å². The molecule has 0 aliphatic heterocycles. The van der Waals surface area contributed by atoms with Crippen molar-refractivity contribution in [2.45, 2.75) is 38.6 Å². The Morgan fingerprint density at radius 3 is 2.84 bits per heavy atom. The molecule has 1 aliphatic rings. The fraction of sp³-hybridized carbons (Fsp3) is 0.600. The van der Waals surface area contributed by atoms with E-state index in [0.717, 1.165) is 18.8 Å². The molecule has 0 bridgehead atoms. The van der Waals surface area contributed by atoms with Crippen LogP contribution in [-0.2, 0) is 0 Å². The minimum atomic E-state index is -0.298. The molecule has 4 heteroatoms. The Kier molecular flexibility index (Phi) is 4.77. The number of benzene rings is 1. The van der Waals surface area contributed by atoms with Crippen molar-refractivity contribution in [3.63, 3.8) is 0 Å². The molecule has 1 saturated carbocycles. The predicted molar refractivity (Wildman–Crippen MR) is 74.1 cm³/mol. The Hall–Kier alpha value is -1.13. The van der Waals surface area contributed by atoms with Crippen LogP contribution in [0.4, 0.5) is 4.39 Å². The lowest BCUT2D eigenvalue weighted by atomic mass is 9.90. The lowest BCUT2D eigenvalue weighted by Crippen LogP contribution is -2.33.